The summed E-state index contributed by atoms with van der Waals surface area (Å²) in [7, 11) is 0. The Morgan fingerprint density at radius 2 is 1.97 bits per heavy atom. The van der Waals surface area contributed by atoms with Crippen molar-refractivity contribution in [1.29, 1.82) is 0 Å². The Morgan fingerprint density at radius 3 is 2.65 bits per heavy atom. The number of hydrogen-bond acceptors (Lipinski definition) is 6. The van der Waals surface area contributed by atoms with Crippen molar-refractivity contribution < 1.29 is 9.59 Å². The molecule has 0 bridgehead atoms. The fourth-order valence-electron chi connectivity index (χ4n) is 3.39. The SMILES string of the molecule is CCCNC(=O)CSc1nc(Cl)cc(N2CCN(C(=O)c3ccc(C)cc3)C(C)C2)n1. The highest BCUT2D eigenvalue weighted by molar-refractivity contribution is 7.99. The van der Waals surface area contributed by atoms with Crippen molar-refractivity contribution in [2.75, 3.05) is 36.8 Å². The van der Waals surface area contributed by atoms with Crippen LogP contribution in [0.25, 0.3) is 0 Å². The number of nitrogens with one attached hydrogen (secondary N) is 1. The van der Waals surface area contributed by atoms with E-state index in [-0.39, 0.29) is 23.6 Å². The van der Waals surface area contributed by atoms with Crippen LogP contribution in [0.3, 0.4) is 0 Å². The summed E-state index contributed by atoms with van der Waals surface area (Å²) in [4.78, 5) is 37.6. The second-order valence-electron chi connectivity index (χ2n) is 7.63. The Bertz CT molecular complexity index is 925. The lowest BCUT2D eigenvalue weighted by Crippen LogP contribution is -2.54. The Morgan fingerprint density at radius 1 is 1.23 bits per heavy atom. The van der Waals surface area contributed by atoms with Gasteiger partial charge in [-0.2, -0.15) is 0 Å². The quantitative estimate of drug-likeness (QED) is 0.386. The molecule has 0 saturated carbocycles. The number of carbonyl (C=O) groups is 2. The van der Waals surface area contributed by atoms with Gasteiger partial charge in [-0.25, -0.2) is 9.97 Å². The summed E-state index contributed by atoms with van der Waals surface area (Å²) in [6.45, 7) is 8.60. The van der Waals surface area contributed by atoms with Crippen molar-refractivity contribution in [2.24, 2.45) is 0 Å². The molecule has 1 aromatic heterocycles. The normalized spacial score (nSPS) is 16.3. The van der Waals surface area contributed by atoms with Gasteiger partial charge >= 0.3 is 0 Å². The first kappa shape index (κ1) is 23.3. The lowest BCUT2D eigenvalue weighted by molar-refractivity contribution is -0.118. The van der Waals surface area contributed by atoms with Gasteiger partial charge in [0.1, 0.15) is 11.0 Å². The molecule has 2 amide bonds. The van der Waals surface area contributed by atoms with Gasteiger partial charge in [-0.3, -0.25) is 9.59 Å². The van der Waals surface area contributed by atoms with Crippen molar-refractivity contribution in [3.8, 4) is 0 Å². The average molecular weight is 462 g/mol. The van der Waals surface area contributed by atoms with E-state index in [2.05, 4.69) is 20.2 Å². The van der Waals surface area contributed by atoms with Crippen molar-refractivity contribution in [3.05, 3.63) is 46.6 Å². The molecule has 9 heteroatoms. The van der Waals surface area contributed by atoms with E-state index in [4.69, 9.17) is 11.6 Å². The highest BCUT2D eigenvalue weighted by Crippen LogP contribution is 2.24. The smallest absolute Gasteiger partial charge is 0.254 e. The molecule has 1 atom stereocenters. The number of piperazine rings is 1. The summed E-state index contributed by atoms with van der Waals surface area (Å²) >= 11 is 7.49. The number of aryl methyl sites for hydroxylation is 1. The molecule has 1 saturated heterocycles. The van der Waals surface area contributed by atoms with E-state index in [0.29, 0.717) is 47.9 Å². The minimum absolute atomic E-state index is 0.0206. The Labute approximate surface area is 192 Å². The number of carbonyl (C=O) groups excluding carboxylic acids is 2. The van der Waals surface area contributed by atoms with Gasteiger partial charge in [-0.1, -0.05) is 48.0 Å². The van der Waals surface area contributed by atoms with E-state index < -0.39 is 0 Å². The van der Waals surface area contributed by atoms with Gasteiger partial charge in [-0.15, -0.1) is 0 Å². The molecule has 3 rings (SSSR count). The number of amides is 2. The lowest BCUT2D eigenvalue weighted by Gasteiger charge is -2.40. The van der Waals surface area contributed by atoms with Crippen LogP contribution in [-0.2, 0) is 4.79 Å². The van der Waals surface area contributed by atoms with Gasteiger partial charge in [0.15, 0.2) is 5.16 Å². The molecule has 0 aliphatic carbocycles. The summed E-state index contributed by atoms with van der Waals surface area (Å²) in [5.74, 6) is 0.955. The predicted octanol–water partition coefficient (Wildman–Crippen LogP) is 3.41. The highest BCUT2D eigenvalue weighted by atomic mass is 35.5. The third kappa shape index (κ3) is 6.33. The maximum Gasteiger partial charge on any atom is 0.254 e. The van der Waals surface area contributed by atoms with Gasteiger partial charge in [0.2, 0.25) is 5.91 Å². The number of nitrogens with zero attached hydrogens (tertiary/aromatic N) is 4. The molecule has 0 radical (unpaired) electrons. The maximum absolute atomic E-state index is 12.9. The highest BCUT2D eigenvalue weighted by Gasteiger charge is 2.29. The van der Waals surface area contributed by atoms with Crippen LogP contribution in [0.1, 0.15) is 36.2 Å². The van der Waals surface area contributed by atoms with Gasteiger partial charge in [0, 0.05) is 43.9 Å². The van der Waals surface area contributed by atoms with E-state index in [1.165, 1.54) is 11.8 Å². The monoisotopic (exact) mass is 461 g/mol. The molecule has 7 nitrogen and oxygen atoms in total. The molecule has 1 aliphatic heterocycles. The van der Waals surface area contributed by atoms with Crippen molar-refractivity contribution in [1.82, 2.24) is 20.2 Å². The summed E-state index contributed by atoms with van der Waals surface area (Å²) in [5.41, 5.74) is 1.84. The van der Waals surface area contributed by atoms with E-state index in [1.54, 1.807) is 6.07 Å². The van der Waals surface area contributed by atoms with Crippen LogP contribution in [0.5, 0.6) is 0 Å². The second-order valence-corrected chi connectivity index (χ2v) is 8.96. The molecular formula is C22H28ClN5O2S. The van der Waals surface area contributed by atoms with Crippen LogP contribution in [0, 0.1) is 6.92 Å². The van der Waals surface area contributed by atoms with E-state index >= 15 is 0 Å². The Balaban J connectivity index is 1.64. The average Bonchev–Trinajstić information content (AvgIpc) is 2.76. The minimum Gasteiger partial charge on any atom is -0.355 e. The molecule has 1 aromatic carbocycles. The molecule has 1 N–H and O–H groups in total. The number of rotatable bonds is 7. The first-order valence-electron chi connectivity index (χ1n) is 10.4. The van der Waals surface area contributed by atoms with E-state index in [1.807, 2.05) is 49.9 Å². The topological polar surface area (TPSA) is 78.4 Å². The molecule has 2 heterocycles. The zero-order valence-electron chi connectivity index (χ0n) is 18.1. The predicted molar refractivity (Wildman–Crippen MR) is 125 cm³/mol. The summed E-state index contributed by atoms with van der Waals surface area (Å²) in [6.07, 6.45) is 0.894. The number of aromatic nitrogens is 2. The fraction of sp³-hybridized carbons (Fsp3) is 0.455. The number of thioether (sulfide) groups is 1. The van der Waals surface area contributed by atoms with E-state index in [0.717, 1.165) is 12.0 Å². The van der Waals surface area contributed by atoms with Crippen LogP contribution in [0.15, 0.2) is 35.5 Å². The third-order valence-corrected chi connectivity index (χ3v) is 6.12. The molecule has 31 heavy (non-hydrogen) atoms. The third-order valence-electron chi connectivity index (χ3n) is 5.08. The van der Waals surface area contributed by atoms with Crippen molar-refractivity contribution in [3.63, 3.8) is 0 Å². The first-order valence-corrected chi connectivity index (χ1v) is 11.8. The maximum atomic E-state index is 12.9. The number of anilines is 1. The fourth-order valence-corrected chi connectivity index (χ4v) is 4.30. The molecule has 1 aliphatic rings. The first-order chi connectivity index (χ1) is 14.9. The van der Waals surface area contributed by atoms with Crippen LogP contribution in [0.2, 0.25) is 5.15 Å². The Kier molecular flexibility index (Phi) is 8.15. The molecular weight excluding hydrogens is 434 g/mol. The standard InChI is InChI=1S/C22H28ClN5O2S/c1-4-9-24-20(29)14-31-22-25-18(23)12-19(26-22)27-10-11-28(16(3)13-27)21(30)17-7-5-15(2)6-8-17/h5-8,12,16H,4,9-11,13-14H2,1-3H3,(H,24,29). The van der Waals surface area contributed by atoms with Crippen LogP contribution in [-0.4, -0.2) is 64.7 Å². The summed E-state index contributed by atoms with van der Waals surface area (Å²) in [5, 5.41) is 3.65. The number of halogens is 1. The van der Waals surface area contributed by atoms with Gasteiger partial charge in [0.25, 0.3) is 5.91 Å². The molecule has 1 unspecified atom stereocenters. The number of benzene rings is 1. The molecule has 166 valence electrons. The minimum atomic E-state index is -0.0474. The second kappa shape index (κ2) is 10.8. The zero-order valence-corrected chi connectivity index (χ0v) is 19.7. The van der Waals surface area contributed by atoms with Crippen molar-refractivity contribution >= 4 is 41.0 Å². The van der Waals surface area contributed by atoms with Gasteiger partial charge in [0.05, 0.1) is 5.75 Å². The number of hydrogen-bond donors (Lipinski definition) is 1. The van der Waals surface area contributed by atoms with Gasteiger partial charge < -0.3 is 15.1 Å². The van der Waals surface area contributed by atoms with E-state index in [9.17, 15) is 9.59 Å². The van der Waals surface area contributed by atoms with Crippen molar-refractivity contribution in [2.45, 2.75) is 38.4 Å². The summed E-state index contributed by atoms with van der Waals surface area (Å²) < 4.78 is 0. The summed E-state index contributed by atoms with van der Waals surface area (Å²) in [6, 6.07) is 9.42. The lowest BCUT2D eigenvalue weighted by atomic mass is 10.1. The Hall–Kier alpha value is -2.32. The van der Waals surface area contributed by atoms with Crippen LogP contribution < -0.4 is 10.2 Å². The van der Waals surface area contributed by atoms with Gasteiger partial charge in [-0.05, 0) is 32.4 Å². The zero-order chi connectivity index (χ0) is 22.4. The van der Waals surface area contributed by atoms with Crippen LogP contribution >= 0.6 is 23.4 Å². The molecule has 2 aromatic rings. The van der Waals surface area contributed by atoms with Crippen LogP contribution in [0.4, 0.5) is 5.82 Å². The largest absolute Gasteiger partial charge is 0.355 e. The molecule has 0 spiro atoms. The molecule has 1 fully saturated rings.